The highest BCUT2D eigenvalue weighted by atomic mass is 32.1. The van der Waals surface area contributed by atoms with Crippen LogP contribution in [0.5, 0.6) is 0 Å². The fourth-order valence-corrected chi connectivity index (χ4v) is 3.58. The molecule has 1 N–H and O–H groups in total. The third kappa shape index (κ3) is 3.90. The SMILES string of the molecule is CCN(Cc1cccs1)C(=O)NCc1nnc2n1CCCCC2. The second-order valence-corrected chi connectivity index (χ2v) is 6.78. The molecule has 0 fully saturated rings. The number of nitrogens with one attached hydrogen (secondary N) is 1. The molecule has 0 radical (unpaired) electrons. The molecule has 6 nitrogen and oxygen atoms in total. The molecule has 2 aromatic rings. The van der Waals surface area contributed by atoms with E-state index in [4.69, 9.17) is 0 Å². The molecule has 0 spiro atoms. The Balaban J connectivity index is 1.59. The zero-order valence-electron chi connectivity index (χ0n) is 13.5. The molecule has 1 aliphatic rings. The van der Waals surface area contributed by atoms with Crippen LogP contribution in [0.3, 0.4) is 0 Å². The molecule has 23 heavy (non-hydrogen) atoms. The highest BCUT2D eigenvalue weighted by Crippen LogP contribution is 2.15. The Hall–Kier alpha value is -1.89. The van der Waals surface area contributed by atoms with Crippen molar-refractivity contribution < 1.29 is 4.79 Å². The lowest BCUT2D eigenvalue weighted by Gasteiger charge is -2.20. The molecule has 0 aliphatic carbocycles. The molecule has 0 bridgehead atoms. The predicted octanol–water partition coefficient (Wildman–Crippen LogP) is 2.80. The molecule has 3 heterocycles. The average Bonchev–Trinajstić information content (AvgIpc) is 3.15. The number of thiophene rings is 1. The van der Waals surface area contributed by atoms with Crippen molar-refractivity contribution in [3.63, 3.8) is 0 Å². The summed E-state index contributed by atoms with van der Waals surface area (Å²) < 4.78 is 2.17. The van der Waals surface area contributed by atoms with Gasteiger partial charge in [-0.15, -0.1) is 21.5 Å². The van der Waals surface area contributed by atoms with Crippen LogP contribution in [-0.4, -0.2) is 32.2 Å². The molecular weight excluding hydrogens is 310 g/mol. The minimum absolute atomic E-state index is 0.0492. The maximum Gasteiger partial charge on any atom is 0.318 e. The van der Waals surface area contributed by atoms with Gasteiger partial charge in [-0.25, -0.2) is 4.79 Å². The number of carbonyl (C=O) groups excluding carboxylic acids is 1. The molecule has 0 atom stereocenters. The number of amides is 2. The number of nitrogens with zero attached hydrogens (tertiary/aromatic N) is 4. The Kier molecular flexibility index (Phi) is 5.27. The van der Waals surface area contributed by atoms with Gasteiger partial charge in [0.15, 0.2) is 5.82 Å². The minimum atomic E-state index is -0.0492. The van der Waals surface area contributed by atoms with E-state index in [2.05, 4.69) is 26.1 Å². The van der Waals surface area contributed by atoms with E-state index in [-0.39, 0.29) is 6.03 Å². The van der Waals surface area contributed by atoms with E-state index in [1.165, 1.54) is 17.7 Å². The smallest absolute Gasteiger partial charge is 0.318 e. The van der Waals surface area contributed by atoms with Crippen LogP contribution in [0.1, 0.15) is 42.7 Å². The van der Waals surface area contributed by atoms with Crippen molar-refractivity contribution in [2.75, 3.05) is 6.54 Å². The first kappa shape index (κ1) is 16.0. The van der Waals surface area contributed by atoms with E-state index in [0.717, 1.165) is 31.0 Å². The van der Waals surface area contributed by atoms with Gasteiger partial charge in [-0.2, -0.15) is 0 Å². The van der Waals surface area contributed by atoms with Crippen LogP contribution in [-0.2, 0) is 26.1 Å². The van der Waals surface area contributed by atoms with Gasteiger partial charge in [-0.1, -0.05) is 12.5 Å². The second-order valence-electron chi connectivity index (χ2n) is 5.75. The zero-order chi connectivity index (χ0) is 16.1. The molecule has 7 heteroatoms. The summed E-state index contributed by atoms with van der Waals surface area (Å²) in [5.41, 5.74) is 0. The van der Waals surface area contributed by atoms with Crippen LogP contribution >= 0.6 is 11.3 Å². The molecule has 2 aromatic heterocycles. The van der Waals surface area contributed by atoms with Crippen molar-refractivity contribution in [3.05, 3.63) is 34.0 Å². The molecule has 0 saturated carbocycles. The van der Waals surface area contributed by atoms with Crippen molar-refractivity contribution in [3.8, 4) is 0 Å². The van der Waals surface area contributed by atoms with Gasteiger partial charge in [0.05, 0.1) is 13.1 Å². The first-order valence-electron chi connectivity index (χ1n) is 8.24. The lowest BCUT2D eigenvalue weighted by atomic mass is 10.2. The molecule has 2 amide bonds. The summed E-state index contributed by atoms with van der Waals surface area (Å²) in [7, 11) is 0. The van der Waals surface area contributed by atoms with Gasteiger partial charge in [0.1, 0.15) is 5.82 Å². The molecule has 0 saturated heterocycles. The fraction of sp³-hybridized carbons (Fsp3) is 0.562. The van der Waals surface area contributed by atoms with Crippen molar-refractivity contribution in [2.24, 2.45) is 0 Å². The van der Waals surface area contributed by atoms with Crippen molar-refractivity contribution in [1.29, 1.82) is 0 Å². The van der Waals surface area contributed by atoms with Crippen LogP contribution < -0.4 is 5.32 Å². The lowest BCUT2D eigenvalue weighted by molar-refractivity contribution is 0.197. The Morgan fingerprint density at radius 3 is 3.09 bits per heavy atom. The van der Waals surface area contributed by atoms with Crippen molar-refractivity contribution >= 4 is 17.4 Å². The van der Waals surface area contributed by atoms with E-state index in [1.54, 1.807) is 11.3 Å². The van der Waals surface area contributed by atoms with E-state index < -0.39 is 0 Å². The van der Waals surface area contributed by atoms with Gasteiger partial charge in [-0.05, 0) is 31.2 Å². The Morgan fingerprint density at radius 1 is 1.39 bits per heavy atom. The van der Waals surface area contributed by atoms with Gasteiger partial charge in [-0.3, -0.25) is 0 Å². The second kappa shape index (κ2) is 7.59. The van der Waals surface area contributed by atoms with Crippen LogP contribution in [0.4, 0.5) is 4.79 Å². The number of fused-ring (bicyclic) bond motifs is 1. The van der Waals surface area contributed by atoms with Crippen molar-refractivity contribution in [2.45, 2.75) is 52.2 Å². The van der Waals surface area contributed by atoms with Crippen LogP contribution in [0, 0.1) is 0 Å². The molecule has 124 valence electrons. The number of aryl methyl sites for hydroxylation is 1. The highest BCUT2D eigenvalue weighted by Gasteiger charge is 2.17. The topological polar surface area (TPSA) is 63.1 Å². The number of rotatable bonds is 5. The standard InChI is InChI=1S/C16H23N5OS/c1-2-20(12-13-7-6-10-23-13)16(22)17-11-15-19-18-14-8-4-3-5-9-21(14)15/h6-7,10H,2-5,8-9,11-12H2,1H3,(H,17,22). The Morgan fingerprint density at radius 2 is 2.30 bits per heavy atom. The zero-order valence-corrected chi connectivity index (χ0v) is 14.3. The normalized spacial score (nSPS) is 14.1. The summed E-state index contributed by atoms with van der Waals surface area (Å²) in [4.78, 5) is 15.4. The largest absolute Gasteiger partial charge is 0.331 e. The first-order chi connectivity index (χ1) is 11.3. The number of hydrogen-bond acceptors (Lipinski definition) is 4. The summed E-state index contributed by atoms with van der Waals surface area (Å²) >= 11 is 1.67. The molecule has 1 aliphatic heterocycles. The van der Waals surface area contributed by atoms with E-state index in [9.17, 15) is 4.79 Å². The maximum absolute atomic E-state index is 12.4. The molecular formula is C16H23N5OS. The van der Waals surface area contributed by atoms with Gasteiger partial charge in [0.25, 0.3) is 0 Å². The lowest BCUT2D eigenvalue weighted by Crippen LogP contribution is -2.39. The first-order valence-corrected chi connectivity index (χ1v) is 9.12. The minimum Gasteiger partial charge on any atom is -0.331 e. The van der Waals surface area contributed by atoms with Gasteiger partial charge in [0.2, 0.25) is 0 Å². The summed E-state index contributed by atoms with van der Waals surface area (Å²) in [6, 6.07) is 4.02. The average molecular weight is 333 g/mol. The third-order valence-electron chi connectivity index (χ3n) is 4.18. The van der Waals surface area contributed by atoms with Gasteiger partial charge < -0.3 is 14.8 Å². The number of aromatic nitrogens is 3. The highest BCUT2D eigenvalue weighted by molar-refractivity contribution is 7.09. The Labute approximate surface area is 140 Å². The molecule has 0 unspecified atom stereocenters. The number of urea groups is 1. The van der Waals surface area contributed by atoms with Crippen LogP contribution in [0.2, 0.25) is 0 Å². The van der Waals surface area contributed by atoms with E-state index >= 15 is 0 Å². The molecule has 3 rings (SSSR count). The third-order valence-corrected chi connectivity index (χ3v) is 5.04. The summed E-state index contributed by atoms with van der Waals surface area (Å²) in [5, 5.41) is 13.5. The quantitative estimate of drug-likeness (QED) is 0.915. The summed E-state index contributed by atoms with van der Waals surface area (Å²) in [6.07, 6.45) is 4.56. The predicted molar refractivity (Wildman–Crippen MR) is 90.2 cm³/mol. The number of hydrogen-bond donors (Lipinski definition) is 1. The van der Waals surface area contributed by atoms with Crippen LogP contribution in [0.25, 0.3) is 0 Å². The van der Waals surface area contributed by atoms with Gasteiger partial charge in [0, 0.05) is 24.4 Å². The van der Waals surface area contributed by atoms with Crippen LogP contribution in [0.15, 0.2) is 17.5 Å². The summed E-state index contributed by atoms with van der Waals surface area (Å²) in [6.45, 7) is 4.73. The summed E-state index contributed by atoms with van der Waals surface area (Å²) in [5.74, 6) is 1.92. The van der Waals surface area contributed by atoms with Gasteiger partial charge >= 0.3 is 6.03 Å². The van der Waals surface area contributed by atoms with E-state index in [1.807, 2.05) is 23.3 Å². The fourth-order valence-electron chi connectivity index (χ4n) is 2.86. The van der Waals surface area contributed by atoms with E-state index in [0.29, 0.717) is 19.6 Å². The maximum atomic E-state index is 12.4. The molecule has 0 aromatic carbocycles. The monoisotopic (exact) mass is 333 g/mol. The van der Waals surface area contributed by atoms with Crippen molar-refractivity contribution in [1.82, 2.24) is 25.0 Å². The number of carbonyl (C=O) groups is 1. The Bertz CT molecular complexity index is 637.